The highest BCUT2D eigenvalue weighted by Gasteiger charge is 2.41. The first-order chi connectivity index (χ1) is 19.9. The number of anilines is 1. The van der Waals surface area contributed by atoms with Gasteiger partial charge in [-0.2, -0.15) is 0 Å². The van der Waals surface area contributed by atoms with Crippen molar-refractivity contribution in [3.63, 3.8) is 0 Å². The maximum absolute atomic E-state index is 14.0. The Morgan fingerprint density at radius 2 is 1.39 bits per heavy atom. The van der Waals surface area contributed by atoms with Gasteiger partial charge in [0, 0.05) is 40.6 Å². The Morgan fingerprint density at radius 3 is 2.00 bits per heavy atom. The van der Waals surface area contributed by atoms with Gasteiger partial charge in [0.1, 0.15) is 11.5 Å². The average molecular weight is 555 g/mol. The van der Waals surface area contributed by atoms with Gasteiger partial charge in [-0.05, 0) is 78.9 Å². The number of hydrogen-bond acceptors (Lipinski definition) is 7. The molecule has 0 saturated carbocycles. The lowest BCUT2D eigenvalue weighted by molar-refractivity contribution is -0.116. The van der Waals surface area contributed by atoms with Crippen molar-refractivity contribution in [2.75, 3.05) is 33.8 Å². The van der Waals surface area contributed by atoms with Crippen molar-refractivity contribution in [2.45, 2.75) is 31.6 Å². The van der Waals surface area contributed by atoms with E-state index >= 15 is 0 Å². The molecule has 0 spiro atoms. The number of methoxy groups -OCH3 is 4. The summed E-state index contributed by atoms with van der Waals surface area (Å²) in [6.45, 7) is 1.88. The fourth-order valence-corrected chi connectivity index (χ4v) is 5.68. The van der Waals surface area contributed by atoms with E-state index in [2.05, 4.69) is 10.6 Å². The molecule has 3 aromatic carbocycles. The first kappa shape index (κ1) is 27.8. The molecule has 2 N–H and O–H groups in total. The Kier molecular flexibility index (Phi) is 8.01. The molecule has 5 rings (SSSR count). The molecule has 0 fully saturated rings. The van der Waals surface area contributed by atoms with E-state index in [-0.39, 0.29) is 17.6 Å². The van der Waals surface area contributed by atoms with Crippen LogP contribution in [-0.4, -0.2) is 40.1 Å². The van der Waals surface area contributed by atoms with E-state index in [0.717, 1.165) is 16.8 Å². The van der Waals surface area contributed by atoms with Gasteiger partial charge in [0.15, 0.2) is 17.3 Å². The van der Waals surface area contributed by atoms with Gasteiger partial charge in [-0.15, -0.1) is 0 Å². The van der Waals surface area contributed by atoms with Crippen molar-refractivity contribution in [3.8, 4) is 23.0 Å². The molecular formula is C33H34N2O6. The van der Waals surface area contributed by atoms with Gasteiger partial charge in [-0.25, -0.2) is 0 Å². The third-order valence-electron chi connectivity index (χ3n) is 7.75. The summed E-state index contributed by atoms with van der Waals surface area (Å²) in [6.07, 6.45) is 0.934. The number of dihydropyridines is 1. The number of allylic oxidation sites excluding steroid dienone is 3. The number of hydrogen-bond donors (Lipinski definition) is 2. The molecule has 3 aromatic rings. The van der Waals surface area contributed by atoms with E-state index in [1.165, 1.54) is 0 Å². The number of benzene rings is 3. The van der Waals surface area contributed by atoms with E-state index in [1.807, 2.05) is 49.4 Å². The van der Waals surface area contributed by atoms with Gasteiger partial charge in [0.05, 0.1) is 28.4 Å². The third-order valence-corrected chi connectivity index (χ3v) is 7.75. The van der Waals surface area contributed by atoms with Crippen LogP contribution in [0.4, 0.5) is 5.69 Å². The van der Waals surface area contributed by atoms with Crippen molar-refractivity contribution < 1.29 is 28.5 Å². The molecule has 0 saturated heterocycles. The van der Waals surface area contributed by atoms with Gasteiger partial charge in [0.2, 0.25) is 0 Å². The second-order valence-electron chi connectivity index (χ2n) is 10.1. The number of carbonyl (C=O) groups excluding carboxylic acids is 2. The minimum absolute atomic E-state index is 0.00148. The number of amides is 1. The van der Waals surface area contributed by atoms with Crippen LogP contribution in [0, 0.1) is 0 Å². The standard InChI is InChI=1S/C33H34N2O6/c1-19-30(33(37)35-23-9-13-25(39-3)14-10-23)31(20-6-11-24(38-2)12-7-20)32-26(34-19)16-22(17-27(32)36)21-8-15-28(40-4)29(18-21)41-5/h6-15,18,22,31,34H,16-17H2,1-5H3,(H,35,37)/t22-,31+/m1/s1. The van der Waals surface area contributed by atoms with E-state index in [9.17, 15) is 9.59 Å². The Balaban J connectivity index is 1.53. The highest BCUT2D eigenvalue weighted by Crippen LogP contribution is 2.46. The second-order valence-corrected chi connectivity index (χ2v) is 10.1. The lowest BCUT2D eigenvalue weighted by Gasteiger charge is -2.37. The number of carbonyl (C=O) groups is 2. The molecule has 0 bridgehead atoms. The van der Waals surface area contributed by atoms with Crippen molar-refractivity contribution in [1.82, 2.24) is 5.32 Å². The quantitative estimate of drug-likeness (QED) is 0.368. The van der Waals surface area contributed by atoms with Crippen LogP contribution in [0.2, 0.25) is 0 Å². The second kappa shape index (κ2) is 11.8. The van der Waals surface area contributed by atoms with Crippen LogP contribution in [-0.2, 0) is 9.59 Å². The highest BCUT2D eigenvalue weighted by atomic mass is 16.5. The molecule has 2 atom stereocenters. The topological polar surface area (TPSA) is 95.1 Å². The molecule has 2 aliphatic rings. The molecule has 1 heterocycles. The SMILES string of the molecule is COc1ccc(NC(=O)C2=C(C)NC3=C(C(=O)C[C@H](c4ccc(OC)c(OC)c4)C3)[C@H]2c2ccc(OC)cc2)cc1. The molecule has 41 heavy (non-hydrogen) atoms. The summed E-state index contributed by atoms with van der Waals surface area (Å²) in [6, 6.07) is 20.5. The fraction of sp³-hybridized carbons (Fsp3) is 0.273. The lowest BCUT2D eigenvalue weighted by atomic mass is 9.71. The van der Waals surface area contributed by atoms with Crippen LogP contribution >= 0.6 is 0 Å². The summed E-state index contributed by atoms with van der Waals surface area (Å²) in [4.78, 5) is 27.8. The molecule has 1 aliphatic heterocycles. The van der Waals surface area contributed by atoms with Crippen LogP contribution in [0.3, 0.4) is 0 Å². The maximum Gasteiger partial charge on any atom is 0.254 e. The van der Waals surface area contributed by atoms with E-state index in [1.54, 1.807) is 52.7 Å². The normalized spacial score (nSPS) is 18.3. The zero-order valence-corrected chi connectivity index (χ0v) is 23.9. The first-order valence-corrected chi connectivity index (χ1v) is 13.4. The van der Waals surface area contributed by atoms with Crippen molar-refractivity contribution >= 4 is 17.4 Å². The molecule has 212 valence electrons. The zero-order valence-electron chi connectivity index (χ0n) is 23.9. The van der Waals surface area contributed by atoms with Crippen LogP contribution in [0.1, 0.15) is 42.7 Å². The van der Waals surface area contributed by atoms with Gasteiger partial charge in [0.25, 0.3) is 5.91 Å². The highest BCUT2D eigenvalue weighted by molar-refractivity contribution is 6.10. The molecule has 8 nitrogen and oxygen atoms in total. The molecule has 0 aromatic heterocycles. The summed E-state index contributed by atoms with van der Waals surface area (Å²) in [5.41, 5.74) is 5.14. The number of rotatable bonds is 8. The van der Waals surface area contributed by atoms with Gasteiger partial charge in [-0.1, -0.05) is 18.2 Å². The lowest BCUT2D eigenvalue weighted by Crippen LogP contribution is -2.37. The minimum atomic E-state index is -0.533. The Labute approximate surface area is 240 Å². The van der Waals surface area contributed by atoms with Crippen LogP contribution < -0.4 is 29.6 Å². The predicted molar refractivity (Wildman–Crippen MR) is 157 cm³/mol. The Hall–Kier alpha value is -4.72. The van der Waals surface area contributed by atoms with Gasteiger partial charge < -0.3 is 29.6 Å². The van der Waals surface area contributed by atoms with Crippen molar-refractivity contribution in [1.29, 1.82) is 0 Å². The number of Topliss-reactive ketones (excluding diaryl/α,β-unsaturated/α-hetero) is 1. The number of ketones is 1. The minimum Gasteiger partial charge on any atom is -0.497 e. The maximum atomic E-state index is 14.0. The summed E-state index contributed by atoms with van der Waals surface area (Å²) in [7, 11) is 6.40. The Morgan fingerprint density at radius 1 is 0.780 bits per heavy atom. The largest absolute Gasteiger partial charge is 0.497 e. The van der Waals surface area contributed by atoms with Crippen LogP contribution in [0.15, 0.2) is 89.3 Å². The summed E-state index contributed by atoms with van der Waals surface area (Å²) in [5, 5.41) is 6.44. The fourth-order valence-electron chi connectivity index (χ4n) is 5.68. The summed E-state index contributed by atoms with van der Waals surface area (Å²) >= 11 is 0. The van der Waals surface area contributed by atoms with E-state index in [0.29, 0.717) is 58.4 Å². The molecule has 8 heteroatoms. The van der Waals surface area contributed by atoms with E-state index < -0.39 is 5.92 Å². The molecule has 1 amide bonds. The molecular weight excluding hydrogens is 520 g/mol. The third kappa shape index (κ3) is 5.50. The van der Waals surface area contributed by atoms with Gasteiger partial charge in [-0.3, -0.25) is 9.59 Å². The van der Waals surface area contributed by atoms with E-state index in [4.69, 9.17) is 18.9 Å². The summed E-state index contributed by atoms with van der Waals surface area (Å²) in [5.74, 6) is 1.80. The van der Waals surface area contributed by atoms with Crippen LogP contribution in [0.5, 0.6) is 23.0 Å². The predicted octanol–water partition coefficient (Wildman–Crippen LogP) is 5.72. The molecule has 1 aliphatic carbocycles. The monoisotopic (exact) mass is 554 g/mol. The van der Waals surface area contributed by atoms with Crippen molar-refractivity contribution in [2.24, 2.45) is 0 Å². The van der Waals surface area contributed by atoms with Crippen molar-refractivity contribution in [3.05, 3.63) is 100 Å². The molecule has 0 unspecified atom stereocenters. The Bertz CT molecular complexity index is 1520. The number of nitrogens with one attached hydrogen (secondary N) is 2. The first-order valence-electron chi connectivity index (χ1n) is 13.4. The molecule has 0 radical (unpaired) electrons. The zero-order chi connectivity index (χ0) is 29.1. The van der Waals surface area contributed by atoms with Gasteiger partial charge >= 0.3 is 0 Å². The number of ether oxygens (including phenoxy) is 4. The summed E-state index contributed by atoms with van der Waals surface area (Å²) < 4.78 is 21.5. The smallest absolute Gasteiger partial charge is 0.254 e. The van der Waals surface area contributed by atoms with Crippen LogP contribution in [0.25, 0.3) is 0 Å². The average Bonchev–Trinajstić information content (AvgIpc) is 3.00.